The maximum Gasteiger partial charge on any atom is 0.160 e. The first-order chi connectivity index (χ1) is 6.53. The summed E-state index contributed by atoms with van der Waals surface area (Å²) in [6.45, 7) is 0.246. The van der Waals surface area contributed by atoms with Crippen molar-refractivity contribution in [1.29, 1.82) is 0 Å². The van der Waals surface area contributed by atoms with Gasteiger partial charge in [-0.25, -0.2) is 13.1 Å². The Kier molecular flexibility index (Phi) is 2.00. The van der Waals surface area contributed by atoms with E-state index in [-0.39, 0.29) is 18.1 Å². The molecule has 0 aromatic carbocycles. The van der Waals surface area contributed by atoms with Crippen LogP contribution in [0.2, 0.25) is 0 Å². The van der Waals surface area contributed by atoms with E-state index in [1.54, 1.807) is 0 Å². The summed E-state index contributed by atoms with van der Waals surface area (Å²) in [4.78, 5) is 0. The van der Waals surface area contributed by atoms with Gasteiger partial charge < -0.3 is 10.8 Å². The van der Waals surface area contributed by atoms with Crippen LogP contribution in [0.3, 0.4) is 0 Å². The molecule has 0 saturated carbocycles. The largest absolute Gasteiger partial charge is 0.394 e. The van der Waals surface area contributed by atoms with E-state index in [4.69, 9.17) is 10.8 Å². The summed E-state index contributed by atoms with van der Waals surface area (Å²) in [5.74, 6) is 0.292. The van der Waals surface area contributed by atoms with Crippen LogP contribution in [0.4, 0.5) is 5.82 Å². The number of nitrogens with two attached hydrogens (primary N) is 1. The van der Waals surface area contributed by atoms with Gasteiger partial charge >= 0.3 is 0 Å². The number of anilines is 1. The number of aliphatic hydroxyl groups is 1. The molecule has 2 rings (SSSR count). The number of fused-ring (bicyclic) bond motifs is 1. The maximum atomic E-state index is 11.2. The molecule has 0 fully saturated rings. The van der Waals surface area contributed by atoms with Gasteiger partial charge in [-0.3, -0.25) is 0 Å². The van der Waals surface area contributed by atoms with E-state index in [2.05, 4.69) is 5.10 Å². The van der Waals surface area contributed by atoms with Crippen LogP contribution in [0.1, 0.15) is 11.3 Å². The summed E-state index contributed by atoms with van der Waals surface area (Å²) in [7, 11) is -3.03. The van der Waals surface area contributed by atoms with Gasteiger partial charge in [0, 0.05) is 5.56 Å². The topological polar surface area (TPSA) is 98.2 Å². The van der Waals surface area contributed by atoms with Gasteiger partial charge in [0.25, 0.3) is 0 Å². The fourth-order valence-corrected chi connectivity index (χ4v) is 3.09. The molecule has 14 heavy (non-hydrogen) atoms. The second-order valence-electron chi connectivity index (χ2n) is 3.29. The summed E-state index contributed by atoms with van der Waals surface area (Å²) in [6.07, 6.45) is 0. The van der Waals surface area contributed by atoms with E-state index in [0.29, 0.717) is 23.6 Å². The van der Waals surface area contributed by atoms with Gasteiger partial charge in [0.15, 0.2) is 9.84 Å². The predicted octanol–water partition coefficient (Wildman–Crippen LogP) is -1.11. The average molecular weight is 217 g/mol. The van der Waals surface area contributed by atoms with Gasteiger partial charge in [0.1, 0.15) is 5.82 Å². The Hall–Kier alpha value is -1.08. The molecule has 0 aliphatic carbocycles. The molecule has 7 heteroatoms. The first-order valence-corrected chi connectivity index (χ1v) is 6.01. The van der Waals surface area contributed by atoms with Gasteiger partial charge in [-0.1, -0.05) is 0 Å². The molecule has 1 aliphatic heterocycles. The Balaban J connectivity index is 2.41. The molecular formula is C7H11N3O3S. The summed E-state index contributed by atoms with van der Waals surface area (Å²) >= 11 is 0. The van der Waals surface area contributed by atoms with Crippen molar-refractivity contribution in [2.24, 2.45) is 0 Å². The second-order valence-corrected chi connectivity index (χ2v) is 5.35. The van der Waals surface area contributed by atoms with Crippen molar-refractivity contribution in [2.75, 3.05) is 12.3 Å². The number of hydrogen-bond donors (Lipinski definition) is 2. The molecule has 2 heterocycles. The van der Waals surface area contributed by atoms with Crippen LogP contribution in [0.5, 0.6) is 0 Å². The monoisotopic (exact) mass is 217 g/mol. The van der Waals surface area contributed by atoms with Gasteiger partial charge in [-0.2, -0.15) is 5.10 Å². The van der Waals surface area contributed by atoms with E-state index in [0.717, 1.165) is 0 Å². The lowest BCUT2D eigenvalue weighted by atomic mass is 10.3. The zero-order valence-electron chi connectivity index (χ0n) is 7.47. The fourth-order valence-electron chi connectivity index (χ4n) is 1.58. The third-order valence-electron chi connectivity index (χ3n) is 2.21. The minimum Gasteiger partial charge on any atom is -0.394 e. The molecule has 0 spiro atoms. The van der Waals surface area contributed by atoms with E-state index >= 15 is 0 Å². The van der Waals surface area contributed by atoms with Crippen molar-refractivity contribution in [3.8, 4) is 0 Å². The van der Waals surface area contributed by atoms with Crippen molar-refractivity contribution < 1.29 is 13.5 Å². The van der Waals surface area contributed by atoms with Gasteiger partial charge in [0.2, 0.25) is 0 Å². The maximum absolute atomic E-state index is 11.2. The first kappa shape index (κ1) is 9.47. The first-order valence-electron chi connectivity index (χ1n) is 4.19. The highest BCUT2D eigenvalue weighted by Crippen LogP contribution is 2.28. The molecule has 3 N–H and O–H groups in total. The minimum absolute atomic E-state index is 0.0282. The van der Waals surface area contributed by atoms with E-state index < -0.39 is 9.84 Å². The SMILES string of the molecule is Nc1c2c(nn1CCO)CS(=O)(=O)C2. The molecule has 0 unspecified atom stereocenters. The van der Waals surface area contributed by atoms with Gasteiger partial charge in [-0.15, -0.1) is 0 Å². The summed E-state index contributed by atoms with van der Waals surface area (Å²) in [5.41, 5.74) is 6.81. The number of aromatic nitrogens is 2. The molecule has 0 radical (unpaired) electrons. The predicted molar refractivity (Wildman–Crippen MR) is 50.1 cm³/mol. The van der Waals surface area contributed by atoms with Crippen molar-refractivity contribution in [3.63, 3.8) is 0 Å². The molecule has 1 aliphatic rings. The molecule has 6 nitrogen and oxygen atoms in total. The third-order valence-corrected chi connectivity index (χ3v) is 3.65. The van der Waals surface area contributed by atoms with Crippen LogP contribution >= 0.6 is 0 Å². The number of nitrogen functional groups attached to an aromatic ring is 1. The van der Waals surface area contributed by atoms with Crippen LogP contribution in [0.25, 0.3) is 0 Å². The summed E-state index contributed by atoms with van der Waals surface area (Å²) in [6, 6.07) is 0. The van der Waals surface area contributed by atoms with Crippen molar-refractivity contribution >= 4 is 15.7 Å². The lowest BCUT2D eigenvalue weighted by molar-refractivity contribution is 0.270. The van der Waals surface area contributed by atoms with Gasteiger partial charge in [-0.05, 0) is 0 Å². The molecule has 0 atom stereocenters. The Morgan fingerprint density at radius 1 is 1.50 bits per heavy atom. The van der Waals surface area contributed by atoms with Gasteiger partial charge in [0.05, 0.1) is 30.4 Å². The van der Waals surface area contributed by atoms with E-state index in [1.807, 2.05) is 0 Å². The standard InChI is InChI=1S/C7H11N3O3S/c8-7-5-3-14(12,13)4-6(5)9-10(7)1-2-11/h11H,1-4,8H2. The Morgan fingerprint density at radius 2 is 2.21 bits per heavy atom. The Bertz CT molecular complexity index is 463. The number of rotatable bonds is 2. The lowest BCUT2D eigenvalue weighted by Gasteiger charge is -2.01. The van der Waals surface area contributed by atoms with Crippen LogP contribution < -0.4 is 5.73 Å². The smallest absolute Gasteiger partial charge is 0.160 e. The average Bonchev–Trinajstić information content (AvgIpc) is 2.50. The quantitative estimate of drug-likeness (QED) is 0.654. The van der Waals surface area contributed by atoms with E-state index in [1.165, 1.54) is 4.68 Å². The normalized spacial score (nSPS) is 18.4. The number of aliphatic hydroxyl groups excluding tert-OH is 1. The van der Waals surface area contributed by atoms with Crippen LogP contribution in [0, 0.1) is 0 Å². The Morgan fingerprint density at radius 3 is 2.79 bits per heavy atom. The molecule has 0 saturated heterocycles. The number of sulfone groups is 1. The molecule has 0 bridgehead atoms. The highest BCUT2D eigenvalue weighted by molar-refractivity contribution is 7.90. The van der Waals surface area contributed by atoms with Crippen molar-refractivity contribution in [1.82, 2.24) is 9.78 Å². The highest BCUT2D eigenvalue weighted by Gasteiger charge is 2.30. The third kappa shape index (κ3) is 1.38. The molecule has 0 amide bonds. The molecule has 1 aromatic rings. The lowest BCUT2D eigenvalue weighted by Crippen LogP contribution is -2.10. The second kappa shape index (κ2) is 2.96. The number of nitrogens with zero attached hydrogens (tertiary/aromatic N) is 2. The summed E-state index contributed by atoms with van der Waals surface area (Å²) in [5, 5.41) is 12.7. The van der Waals surface area contributed by atoms with Crippen molar-refractivity contribution in [3.05, 3.63) is 11.3 Å². The fraction of sp³-hybridized carbons (Fsp3) is 0.571. The van der Waals surface area contributed by atoms with Crippen molar-refractivity contribution in [2.45, 2.75) is 18.1 Å². The summed E-state index contributed by atoms with van der Waals surface area (Å²) < 4.78 is 23.9. The van der Waals surface area contributed by atoms with E-state index in [9.17, 15) is 8.42 Å². The zero-order valence-corrected chi connectivity index (χ0v) is 8.29. The highest BCUT2D eigenvalue weighted by atomic mass is 32.2. The van der Waals surface area contributed by atoms with Crippen LogP contribution in [-0.4, -0.2) is 29.9 Å². The molecular weight excluding hydrogens is 206 g/mol. The van der Waals surface area contributed by atoms with Crippen LogP contribution in [0.15, 0.2) is 0 Å². The minimum atomic E-state index is -3.03. The zero-order chi connectivity index (χ0) is 10.3. The molecule has 1 aromatic heterocycles. The Labute approximate surface area is 81.3 Å². The molecule has 78 valence electrons. The number of hydrogen-bond acceptors (Lipinski definition) is 5. The van der Waals surface area contributed by atoms with Crippen LogP contribution in [-0.2, 0) is 27.9 Å².